The number of pyridine rings is 1. The summed E-state index contributed by atoms with van der Waals surface area (Å²) in [6.45, 7) is 2.08. The first kappa shape index (κ1) is 20.1. The summed E-state index contributed by atoms with van der Waals surface area (Å²) in [5, 5.41) is 5.13. The molecule has 0 bridgehead atoms. The molecule has 2 aromatic heterocycles. The number of hydrogen-bond donors (Lipinski definition) is 1. The van der Waals surface area contributed by atoms with Gasteiger partial charge in [0, 0.05) is 16.6 Å². The number of aromatic nitrogens is 2. The number of carbonyl (C=O) groups excluding carboxylic acids is 1. The van der Waals surface area contributed by atoms with Gasteiger partial charge in [-0.1, -0.05) is 11.6 Å². The predicted molar refractivity (Wildman–Crippen MR) is 119 cm³/mol. The Labute approximate surface area is 182 Å². The Bertz CT molecular complexity index is 1210. The van der Waals surface area contributed by atoms with Gasteiger partial charge in [0.2, 0.25) is 0 Å². The van der Waals surface area contributed by atoms with Crippen LogP contribution in [0, 0.1) is 6.92 Å². The van der Waals surface area contributed by atoms with E-state index >= 15 is 0 Å². The molecule has 2 heterocycles. The first-order valence-electron chi connectivity index (χ1n) is 9.13. The highest BCUT2D eigenvalue weighted by atomic mass is 35.5. The molecule has 0 atom stereocenters. The highest BCUT2D eigenvalue weighted by Crippen LogP contribution is 2.30. The van der Waals surface area contributed by atoms with Crippen molar-refractivity contribution in [2.45, 2.75) is 13.5 Å². The Kier molecular flexibility index (Phi) is 5.83. The second kappa shape index (κ2) is 8.69. The highest BCUT2D eigenvalue weighted by Gasteiger charge is 2.17. The minimum Gasteiger partial charge on any atom is -0.494 e. The molecule has 6 nitrogen and oxygen atoms in total. The smallest absolute Gasteiger partial charge is 0.267 e. The van der Waals surface area contributed by atoms with Gasteiger partial charge in [-0.15, -0.1) is 11.3 Å². The normalized spacial score (nSPS) is 10.8. The van der Waals surface area contributed by atoms with Crippen LogP contribution in [0.25, 0.3) is 10.9 Å². The molecular weight excluding hydrogens is 422 g/mol. The number of anilines is 1. The van der Waals surface area contributed by atoms with Gasteiger partial charge >= 0.3 is 0 Å². The van der Waals surface area contributed by atoms with Crippen LogP contribution in [0.1, 0.15) is 20.4 Å². The second-order valence-electron chi connectivity index (χ2n) is 6.43. The van der Waals surface area contributed by atoms with E-state index in [1.807, 2.05) is 25.1 Å². The number of rotatable bonds is 6. The van der Waals surface area contributed by atoms with Gasteiger partial charge in [-0.05, 0) is 55.5 Å². The molecule has 1 amide bonds. The summed E-state index contributed by atoms with van der Waals surface area (Å²) in [7, 11) is 1.59. The zero-order valence-corrected chi connectivity index (χ0v) is 17.9. The number of thiazole rings is 1. The molecular formula is C22H18ClN3O3S. The maximum atomic E-state index is 12.9. The molecule has 0 saturated heterocycles. The summed E-state index contributed by atoms with van der Waals surface area (Å²) in [6, 6.07) is 14.4. The number of aryl methyl sites for hydroxylation is 1. The molecule has 2 aromatic carbocycles. The summed E-state index contributed by atoms with van der Waals surface area (Å²) in [6.07, 6.45) is 1.69. The standard InChI is InChI=1S/C22H18ClN3O3S/c1-13-21(30-19(25-13)12-29-15-7-5-14(23)6-8-15)22(27)26-17-9-10-18(28-2)20-16(17)4-3-11-24-20/h3-11H,12H2,1-2H3,(H,26,27). The van der Waals surface area contributed by atoms with Crippen LogP contribution in [-0.2, 0) is 6.61 Å². The van der Waals surface area contributed by atoms with Crippen LogP contribution in [0.4, 0.5) is 5.69 Å². The van der Waals surface area contributed by atoms with E-state index in [4.69, 9.17) is 21.1 Å². The average Bonchev–Trinajstić information content (AvgIpc) is 3.14. The van der Waals surface area contributed by atoms with Gasteiger partial charge in [0.05, 0.1) is 18.5 Å². The molecule has 152 valence electrons. The Balaban J connectivity index is 1.52. The zero-order valence-electron chi connectivity index (χ0n) is 16.3. The van der Waals surface area contributed by atoms with E-state index < -0.39 is 0 Å². The third-order valence-corrected chi connectivity index (χ3v) is 5.81. The van der Waals surface area contributed by atoms with Crippen LogP contribution in [-0.4, -0.2) is 23.0 Å². The van der Waals surface area contributed by atoms with Crippen LogP contribution in [0.2, 0.25) is 5.02 Å². The number of methoxy groups -OCH3 is 1. The van der Waals surface area contributed by atoms with E-state index in [0.29, 0.717) is 43.3 Å². The number of amides is 1. The molecule has 8 heteroatoms. The Hall–Kier alpha value is -3.16. The Morgan fingerprint density at radius 3 is 2.73 bits per heavy atom. The number of nitrogens with one attached hydrogen (secondary N) is 1. The number of nitrogens with zero attached hydrogens (tertiary/aromatic N) is 2. The molecule has 0 fully saturated rings. The van der Waals surface area contributed by atoms with E-state index in [0.717, 1.165) is 5.39 Å². The lowest BCUT2D eigenvalue weighted by atomic mass is 10.1. The minimum atomic E-state index is -0.224. The molecule has 0 spiro atoms. The van der Waals surface area contributed by atoms with Crippen molar-refractivity contribution in [1.82, 2.24) is 9.97 Å². The topological polar surface area (TPSA) is 73.3 Å². The third-order valence-electron chi connectivity index (χ3n) is 4.42. The quantitative estimate of drug-likeness (QED) is 0.429. The highest BCUT2D eigenvalue weighted by molar-refractivity contribution is 7.13. The first-order valence-corrected chi connectivity index (χ1v) is 10.3. The second-order valence-corrected chi connectivity index (χ2v) is 7.95. The summed E-state index contributed by atoms with van der Waals surface area (Å²) in [5.41, 5.74) is 2.01. The number of halogens is 1. The summed E-state index contributed by atoms with van der Waals surface area (Å²) in [5.74, 6) is 1.12. The van der Waals surface area contributed by atoms with Crippen LogP contribution in [0.15, 0.2) is 54.7 Å². The molecule has 0 aliphatic heterocycles. The number of benzene rings is 2. The van der Waals surface area contributed by atoms with Crippen molar-refractivity contribution in [2.75, 3.05) is 12.4 Å². The summed E-state index contributed by atoms with van der Waals surface area (Å²) >= 11 is 7.19. The molecule has 1 N–H and O–H groups in total. The summed E-state index contributed by atoms with van der Waals surface area (Å²) in [4.78, 5) is 22.3. The van der Waals surface area contributed by atoms with Gasteiger partial charge in [0.15, 0.2) is 0 Å². The fraction of sp³-hybridized carbons (Fsp3) is 0.136. The van der Waals surface area contributed by atoms with Gasteiger partial charge in [-0.2, -0.15) is 0 Å². The van der Waals surface area contributed by atoms with Gasteiger partial charge in [-0.25, -0.2) is 4.98 Å². The molecule has 0 aliphatic carbocycles. The van der Waals surface area contributed by atoms with Crippen molar-refractivity contribution in [1.29, 1.82) is 0 Å². The van der Waals surface area contributed by atoms with Gasteiger partial charge in [0.1, 0.15) is 33.5 Å². The van der Waals surface area contributed by atoms with E-state index in [9.17, 15) is 4.79 Å². The van der Waals surface area contributed by atoms with E-state index in [2.05, 4.69) is 15.3 Å². The maximum absolute atomic E-state index is 12.9. The molecule has 0 aliphatic rings. The zero-order chi connectivity index (χ0) is 21.1. The van der Waals surface area contributed by atoms with Crippen LogP contribution >= 0.6 is 22.9 Å². The maximum Gasteiger partial charge on any atom is 0.267 e. The average molecular weight is 440 g/mol. The minimum absolute atomic E-state index is 0.224. The Morgan fingerprint density at radius 1 is 1.17 bits per heavy atom. The van der Waals surface area contributed by atoms with Crippen molar-refractivity contribution in [3.8, 4) is 11.5 Å². The predicted octanol–water partition coefficient (Wildman–Crippen LogP) is 5.49. The lowest BCUT2D eigenvalue weighted by Gasteiger charge is -2.10. The van der Waals surface area contributed by atoms with Gasteiger partial charge in [0.25, 0.3) is 5.91 Å². The van der Waals surface area contributed by atoms with E-state index in [1.54, 1.807) is 43.6 Å². The molecule has 4 rings (SSSR count). The lowest BCUT2D eigenvalue weighted by Crippen LogP contribution is -2.12. The van der Waals surface area contributed by atoms with Gasteiger partial charge in [-0.3, -0.25) is 9.78 Å². The Morgan fingerprint density at radius 2 is 1.97 bits per heavy atom. The fourth-order valence-corrected chi connectivity index (χ4v) is 4.00. The lowest BCUT2D eigenvalue weighted by molar-refractivity contribution is 0.103. The molecule has 0 unspecified atom stereocenters. The molecule has 30 heavy (non-hydrogen) atoms. The number of fused-ring (bicyclic) bond motifs is 1. The SMILES string of the molecule is COc1ccc(NC(=O)c2sc(COc3ccc(Cl)cc3)nc2C)c2cccnc12. The largest absolute Gasteiger partial charge is 0.494 e. The van der Waals surface area contributed by atoms with Gasteiger partial charge < -0.3 is 14.8 Å². The van der Waals surface area contributed by atoms with E-state index in [1.165, 1.54) is 11.3 Å². The number of hydrogen-bond acceptors (Lipinski definition) is 6. The fourth-order valence-electron chi connectivity index (χ4n) is 3.00. The number of carbonyl (C=O) groups is 1. The van der Waals surface area contributed by atoms with Crippen molar-refractivity contribution in [2.24, 2.45) is 0 Å². The first-order chi connectivity index (χ1) is 14.5. The molecule has 4 aromatic rings. The van der Waals surface area contributed by atoms with Crippen LogP contribution < -0.4 is 14.8 Å². The number of ether oxygens (including phenoxy) is 2. The third kappa shape index (κ3) is 4.22. The molecule has 0 saturated carbocycles. The van der Waals surface area contributed by atoms with Crippen molar-refractivity contribution >= 4 is 45.4 Å². The van der Waals surface area contributed by atoms with Crippen LogP contribution in [0.3, 0.4) is 0 Å². The van der Waals surface area contributed by atoms with Crippen molar-refractivity contribution < 1.29 is 14.3 Å². The monoisotopic (exact) mass is 439 g/mol. The van der Waals surface area contributed by atoms with Crippen molar-refractivity contribution in [3.05, 3.63) is 75.3 Å². The summed E-state index contributed by atoms with van der Waals surface area (Å²) < 4.78 is 11.1. The van der Waals surface area contributed by atoms with E-state index in [-0.39, 0.29) is 12.5 Å². The molecule has 0 radical (unpaired) electrons. The van der Waals surface area contributed by atoms with Crippen LogP contribution in [0.5, 0.6) is 11.5 Å². The van der Waals surface area contributed by atoms with Crippen molar-refractivity contribution in [3.63, 3.8) is 0 Å².